The van der Waals surface area contributed by atoms with E-state index in [0.29, 0.717) is 12.8 Å². The first kappa shape index (κ1) is 30.8. The number of unbranched alkanes of at least 4 members (excludes halogenated alkanes) is 3. The smallest absolute Gasteiger partial charge is 0.211 e. The molecule has 0 N–H and O–H groups in total. The number of carbonyl (C=O) groups excluding carboxylic acids is 1. The predicted octanol–water partition coefficient (Wildman–Crippen LogP) is 7.48. The lowest BCUT2D eigenvalue weighted by Crippen LogP contribution is -2.70. The first-order valence-corrected chi connectivity index (χ1v) is 9.93. The molecule has 32 heavy (non-hydrogen) atoms. The molecule has 0 amide bonds. The Hall–Kier alpha value is -1.18. The lowest BCUT2D eigenvalue weighted by Gasteiger charge is -2.39. The van der Waals surface area contributed by atoms with Crippen LogP contribution in [0.2, 0.25) is 0 Å². The van der Waals surface area contributed by atoms with Gasteiger partial charge in [0.1, 0.15) is 5.37 Å². The van der Waals surface area contributed by atoms with Crippen LogP contribution in [-0.2, 0) is 4.79 Å². The number of rotatable bonds is 14. The van der Waals surface area contributed by atoms with Crippen LogP contribution in [0.1, 0.15) is 45.4 Å². The molecule has 0 saturated carbocycles. The van der Waals surface area contributed by atoms with Crippen molar-refractivity contribution in [3.05, 3.63) is 0 Å². The summed E-state index contributed by atoms with van der Waals surface area (Å²) in [5, 5.41) is -1.12. The van der Waals surface area contributed by atoms with Gasteiger partial charge in [0.05, 0.1) is 0 Å². The normalized spacial score (nSPS) is 15.4. The molecule has 1 atom stereocenters. The summed E-state index contributed by atoms with van der Waals surface area (Å²) < 4.78 is 169. The van der Waals surface area contributed by atoms with E-state index in [-0.39, 0.29) is 18.2 Å². The highest BCUT2D eigenvalue weighted by Gasteiger charge is 2.90. The van der Waals surface area contributed by atoms with E-state index in [4.69, 9.17) is 0 Å². The maximum absolute atomic E-state index is 13.7. The summed E-state index contributed by atoms with van der Waals surface area (Å²) in [5.41, 5.74) is 0. The fourth-order valence-corrected chi connectivity index (χ4v) is 3.37. The molecule has 0 spiro atoms. The SMILES string of the molecule is CCCCCCC(N=C=O)SCCC(F)(F)C(F)(F)C(F)(F)C(F)(F)C(F)(F)C(F)(F)F. The lowest BCUT2D eigenvalue weighted by atomic mass is 9.93. The molecule has 0 aliphatic heterocycles. The molecular weight excluding hydrogens is 501 g/mol. The number of nitrogens with zero attached hydrogens (tertiary/aromatic N) is 1. The van der Waals surface area contributed by atoms with E-state index < -0.39 is 53.3 Å². The summed E-state index contributed by atoms with van der Waals surface area (Å²) in [6, 6.07) is 0. The zero-order valence-electron chi connectivity index (χ0n) is 16.2. The average Bonchev–Trinajstić information content (AvgIpc) is 2.63. The molecular formula is C16H18F13NOS. The maximum Gasteiger partial charge on any atom is 0.460 e. The Morgan fingerprint density at radius 3 is 1.69 bits per heavy atom. The van der Waals surface area contributed by atoms with Crippen LogP contribution in [0.4, 0.5) is 57.1 Å². The highest BCUT2D eigenvalue weighted by molar-refractivity contribution is 7.99. The molecule has 0 rings (SSSR count). The molecule has 16 heteroatoms. The van der Waals surface area contributed by atoms with Gasteiger partial charge in [-0.15, -0.1) is 11.8 Å². The van der Waals surface area contributed by atoms with Gasteiger partial charge in [-0.2, -0.15) is 62.1 Å². The Morgan fingerprint density at radius 2 is 1.25 bits per heavy atom. The molecule has 0 radical (unpaired) electrons. The molecule has 0 fully saturated rings. The number of alkyl halides is 13. The van der Waals surface area contributed by atoms with Gasteiger partial charge in [0.25, 0.3) is 0 Å². The Bertz CT molecular complexity index is 644. The van der Waals surface area contributed by atoms with Crippen LogP contribution in [-0.4, -0.2) is 53.0 Å². The fraction of sp³-hybridized carbons (Fsp3) is 0.938. The third-order valence-corrected chi connectivity index (χ3v) is 5.39. The van der Waals surface area contributed by atoms with Crippen molar-refractivity contribution in [2.24, 2.45) is 4.99 Å². The summed E-state index contributed by atoms with van der Waals surface area (Å²) in [4.78, 5) is 13.5. The highest BCUT2D eigenvalue weighted by Crippen LogP contribution is 2.60. The van der Waals surface area contributed by atoms with Crippen molar-refractivity contribution < 1.29 is 61.9 Å². The first-order valence-electron chi connectivity index (χ1n) is 8.89. The summed E-state index contributed by atoms with van der Waals surface area (Å²) >= 11 is 0.272. The summed E-state index contributed by atoms with van der Waals surface area (Å²) in [7, 11) is 0. The van der Waals surface area contributed by atoms with Gasteiger partial charge in [-0.25, -0.2) is 4.79 Å². The Kier molecular flexibility index (Phi) is 10.4. The van der Waals surface area contributed by atoms with Crippen LogP contribution < -0.4 is 0 Å². The Labute approximate surface area is 178 Å². The third-order valence-electron chi connectivity index (χ3n) is 4.23. The lowest BCUT2D eigenvalue weighted by molar-refractivity contribution is -0.439. The standard InChI is InChI=1S/C16H18F13NOS/c1-2-3-4-5-6-10(30-9-31)32-8-7-11(17,18)12(19,20)13(21,22)14(23,24)15(25,26)16(27,28)29/h10H,2-8H2,1H3. The van der Waals surface area contributed by atoms with E-state index in [9.17, 15) is 61.9 Å². The van der Waals surface area contributed by atoms with E-state index in [0.717, 1.165) is 18.9 Å². The summed E-state index contributed by atoms with van der Waals surface area (Å²) in [6.45, 7) is 1.85. The minimum atomic E-state index is -7.90. The van der Waals surface area contributed by atoms with Crippen LogP contribution in [0.25, 0.3) is 0 Å². The minimum absolute atomic E-state index is 0.0634. The monoisotopic (exact) mass is 519 g/mol. The molecule has 190 valence electrons. The van der Waals surface area contributed by atoms with E-state index in [1.165, 1.54) is 0 Å². The molecule has 0 aromatic heterocycles. The van der Waals surface area contributed by atoms with Gasteiger partial charge in [0, 0.05) is 12.2 Å². The van der Waals surface area contributed by atoms with Crippen molar-refractivity contribution in [2.75, 3.05) is 5.75 Å². The van der Waals surface area contributed by atoms with Crippen LogP contribution >= 0.6 is 11.8 Å². The molecule has 2 nitrogen and oxygen atoms in total. The topological polar surface area (TPSA) is 29.4 Å². The number of isocyanates is 1. The van der Waals surface area contributed by atoms with Crippen molar-refractivity contribution in [1.29, 1.82) is 0 Å². The first-order chi connectivity index (χ1) is 14.2. The maximum atomic E-state index is 13.7. The number of halogens is 13. The molecule has 0 saturated heterocycles. The molecule has 1 unspecified atom stereocenters. The van der Waals surface area contributed by atoms with E-state index in [1.54, 1.807) is 0 Å². The zero-order chi connectivity index (χ0) is 25.6. The van der Waals surface area contributed by atoms with Gasteiger partial charge in [0.2, 0.25) is 6.08 Å². The molecule has 0 aliphatic rings. The van der Waals surface area contributed by atoms with E-state index in [1.807, 2.05) is 6.92 Å². The van der Waals surface area contributed by atoms with E-state index in [2.05, 4.69) is 4.99 Å². The fourth-order valence-electron chi connectivity index (χ4n) is 2.27. The highest BCUT2D eigenvalue weighted by atomic mass is 32.2. The quantitative estimate of drug-likeness (QED) is 0.103. The van der Waals surface area contributed by atoms with Gasteiger partial charge < -0.3 is 0 Å². The number of hydrogen-bond acceptors (Lipinski definition) is 3. The number of hydrogen-bond donors (Lipinski definition) is 0. The van der Waals surface area contributed by atoms with Crippen LogP contribution in [0, 0.1) is 0 Å². The van der Waals surface area contributed by atoms with Crippen molar-refractivity contribution in [1.82, 2.24) is 0 Å². The molecule has 0 aliphatic carbocycles. The number of aliphatic imine (C=N–C) groups is 1. The van der Waals surface area contributed by atoms with Gasteiger partial charge in [-0.05, 0) is 6.42 Å². The van der Waals surface area contributed by atoms with Crippen LogP contribution in [0.5, 0.6) is 0 Å². The second kappa shape index (κ2) is 10.8. The van der Waals surface area contributed by atoms with Gasteiger partial charge in [0.15, 0.2) is 0 Å². The predicted molar refractivity (Wildman–Crippen MR) is 88.5 cm³/mol. The van der Waals surface area contributed by atoms with Crippen molar-refractivity contribution >= 4 is 17.8 Å². The summed E-state index contributed by atoms with van der Waals surface area (Å²) in [6.07, 6.45) is -6.05. The molecule has 0 bridgehead atoms. The minimum Gasteiger partial charge on any atom is -0.211 e. The Morgan fingerprint density at radius 1 is 0.750 bits per heavy atom. The van der Waals surface area contributed by atoms with Crippen molar-refractivity contribution in [3.63, 3.8) is 0 Å². The second-order valence-electron chi connectivity index (χ2n) is 6.64. The van der Waals surface area contributed by atoms with Gasteiger partial charge in [-0.1, -0.05) is 32.6 Å². The van der Waals surface area contributed by atoms with Crippen LogP contribution in [0.3, 0.4) is 0 Å². The zero-order valence-corrected chi connectivity index (χ0v) is 17.0. The van der Waals surface area contributed by atoms with Gasteiger partial charge in [-0.3, -0.25) is 0 Å². The second-order valence-corrected chi connectivity index (χ2v) is 7.93. The van der Waals surface area contributed by atoms with Crippen molar-refractivity contribution in [3.8, 4) is 0 Å². The molecule has 0 aromatic rings. The largest absolute Gasteiger partial charge is 0.460 e. The van der Waals surface area contributed by atoms with Crippen molar-refractivity contribution in [2.45, 2.75) is 86.6 Å². The summed E-state index contributed by atoms with van der Waals surface area (Å²) in [5.74, 6) is -38.0. The average molecular weight is 519 g/mol. The van der Waals surface area contributed by atoms with Crippen LogP contribution in [0.15, 0.2) is 4.99 Å². The molecule has 0 heterocycles. The number of thioether (sulfide) groups is 1. The Balaban J connectivity index is 5.51. The third kappa shape index (κ3) is 6.23. The van der Waals surface area contributed by atoms with Gasteiger partial charge >= 0.3 is 35.8 Å². The van der Waals surface area contributed by atoms with E-state index >= 15 is 0 Å². The molecule has 0 aromatic carbocycles.